The van der Waals surface area contributed by atoms with Crippen molar-refractivity contribution < 1.29 is 0 Å². The monoisotopic (exact) mass is 189 g/mol. The molecule has 0 aliphatic rings. The van der Waals surface area contributed by atoms with Gasteiger partial charge in [0.15, 0.2) is 0 Å². The van der Waals surface area contributed by atoms with E-state index in [2.05, 4.69) is 27.4 Å². The van der Waals surface area contributed by atoms with Crippen molar-refractivity contribution in [1.82, 2.24) is 25.2 Å². The van der Waals surface area contributed by atoms with E-state index in [0.29, 0.717) is 0 Å². The summed E-state index contributed by atoms with van der Waals surface area (Å²) in [5.74, 6) is 0.729. The number of hydrogen-bond acceptors (Lipinski definition) is 4. The third kappa shape index (κ3) is 1.61. The fourth-order valence-corrected chi connectivity index (χ4v) is 1.25. The molecule has 2 heterocycles. The molecule has 0 saturated heterocycles. The van der Waals surface area contributed by atoms with Gasteiger partial charge in [-0.15, -0.1) is 5.10 Å². The van der Waals surface area contributed by atoms with Crippen molar-refractivity contribution in [1.29, 1.82) is 0 Å². The average molecular weight is 189 g/mol. The number of aromatic nitrogens is 5. The van der Waals surface area contributed by atoms with Crippen LogP contribution in [0, 0.1) is 0 Å². The van der Waals surface area contributed by atoms with Crippen molar-refractivity contribution in [2.24, 2.45) is 0 Å². The van der Waals surface area contributed by atoms with Gasteiger partial charge in [0.05, 0.1) is 0 Å². The second-order valence-corrected chi connectivity index (χ2v) is 2.94. The Hall–Kier alpha value is -1.78. The van der Waals surface area contributed by atoms with E-state index in [0.717, 1.165) is 24.5 Å². The third-order valence-corrected chi connectivity index (χ3v) is 1.86. The van der Waals surface area contributed by atoms with Crippen LogP contribution in [0.3, 0.4) is 0 Å². The Morgan fingerprint density at radius 2 is 2.29 bits per heavy atom. The average Bonchev–Trinajstić information content (AvgIpc) is 2.68. The smallest absolute Gasteiger partial charge is 0.200 e. The molecule has 0 unspecified atom stereocenters. The molecule has 0 aromatic carbocycles. The van der Waals surface area contributed by atoms with Gasteiger partial charge in [-0.1, -0.05) is 13.0 Å². The zero-order valence-electron chi connectivity index (χ0n) is 7.96. The van der Waals surface area contributed by atoms with Crippen molar-refractivity contribution in [2.45, 2.75) is 19.9 Å². The number of pyridine rings is 1. The lowest BCUT2D eigenvalue weighted by molar-refractivity contribution is 0.583. The molecule has 2 aromatic rings. The summed E-state index contributed by atoms with van der Waals surface area (Å²) in [6, 6.07) is 5.70. The Bertz CT molecular complexity index is 395. The third-order valence-electron chi connectivity index (χ3n) is 1.86. The van der Waals surface area contributed by atoms with Gasteiger partial charge >= 0.3 is 0 Å². The summed E-state index contributed by atoms with van der Waals surface area (Å²) in [6.45, 7) is 2.91. The first kappa shape index (κ1) is 8.80. The van der Waals surface area contributed by atoms with Gasteiger partial charge in [0.1, 0.15) is 5.69 Å². The van der Waals surface area contributed by atoms with E-state index in [1.54, 1.807) is 10.9 Å². The summed E-state index contributed by atoms with van der Waals surface area (Å²) in [5.41, 5.74) is 0.811. The summed E-state index contributed by atoms with van der Waals surface area (Å²) >= 11 is 0. The van der Waals surface area contributed by atoms with Crippen molar-refractivity contribution in [2.75, 3.05) is 0 Å². The molecular formula is C9H11N5. The maximum absolute atomic E-state index is 4.20. The number of nitrogens with zero attached hydrogens (tertiary/aromatic N) is 5. The minimum atomic E-state index is 0.729. The van der Waals surface area contributed by atoms with Crippen LogP contribution in [0.5, 0.6) is 0 Å². The van der Waals surface area contributed by atoms with Crippen LogP contribution >= 0.6 is 0 Å². The predicted octanol–water partition coefficient (Wildman–Crippen LogP) is 1.15. The molecule has 0 spiro atoms. The first-order chi connectivity index (χ1) is 6.92. The summed E-state index contributed by atoms with van der Waals surface area (Å²) in [7, 11) is 0. The van der Waals surface area contributed by atoms with E-state index < -0.39 is 0 Å². The first-order valence-electron chi connectivity index (χ1n) is 4.59. The molecule has 14 heavy (non-hydrogen) atoms. The summed E-state index contributed by atoms with van der Waals surface area (Å²) in [4.78, 5) is 4.20. The molecule has 0 aliphatic heterocycles. The van der Waals surface area contributed by atoms with Crippen molar-refractivity contribution in [3.05, 3.63) is 24.4 Å². The lowest BCUT2D eigenvalue weighted by Crippen LogP contribution is -2.02. The van der Waals surface area contributed by atoms with Crippen molar-refractivity contribution in [3.8, 4) is 11.5 Å². The zero-order valence-corrected chi connectivity index (χ0v) is 7.96. The number of tetrazole rings is 1. The Balaban J connectivity index is 2.37. The molecule has 0 radical (unpaired) electrons. The van der Waals surface area contributed by atoms with Crippen LogP contribution in [0.1, 0.15) is 13.3 Å². The van der Waals surface area contributed by atoms with E-state index in [1.807, 2.05) is 18.2 Å². The predicted molar refractivity (Wildman–Crippen MR) is 51.3 cm³/mol. The standard InChI is InChI=1S/C9H11N5/c1-2-7-14-9(11-12-13-14)8-5-3-4-6-10-8/h3-6H,2,7H2,1H3. The minimum absolute atomic E-state index is 0.729. The van der Waals surface area contributed by atoms with E-state index in [-0.39, 0.29) is 0 Å². The molecule has 0 amide bonds. The van der Waals surface area contributed by atoms with Crippen LogP contribution in [0.4, 0.5) is 0 Å². The van der Waals surface area contributed by atoms with E-state index in [4.69, 9.17) is 0 Å². The first-order valence-corrected chi connectivity index (χ1v) is 4.59. The van der Waals surface area contributed by atoms with Gasteiger partial charge < -0.3 is 0 Å². The molecule has 2 aromatic heterocycles. The largest absolute Gasteiger partial charge is 0.253 e. The quantitative estimate of drug-likeness (QED) is 0.726. The Morgan fingerprint density at radius 3 is 3.00 bits per heavy atom. The molecule has 0 bridgehead atoms. The Kier molecular flexibility index (Phi) is 2.48. The lowest BCUT2D eigenvalue weighted by Gasteiger charge is -2.00. The van der Waals surface area contributed by atoms with E-state index >= 15 is 0 Å². The molecule has 5 heteroatoms. The summed E-state index contributed by atoms with van der Waals surface area (Å²) in [6.07, 6.45) is 2.74. The van der Waals surface area contributed by atoms with Gasteiger partial charge in [0.2, 0.25) is 5.82 Å². The molecular weight excluding hydrogens is 178 g/mol. The number of hydrogen-bond donors (Lipinski definition) is 0. The molecule has 0 aliphatic carbocycles. The summed E-state index contributed by atoms with van der Waals surface area (Å²) in [5, 5.41) is 11.5. The fraction of sp³-hybridized carbons (Fsp3) is 0.333. The summed E-state index contributed by atoms with van der Waals surface area (Å²) < 4.78 is 1.77. The van der Waals surface area contributed by atoms with Gasteiger partial charge in [0.25, 0.3) is 0 Å². The van der Waals surface area contributed by atoms with Gasteiger partial charge in [-0.05, 0) is 29.0 Å². The van der Waals surface area contributed by atoms with Crippen molar-refractivity contribution in [3.63, 3.8) is 0 Å². The van der Waals surface area contributed by atoms with Gasteiger partial charge in [-0.25, -0.2) is 4.68 Å². The molecule has 0 atom stereocenters. The van der Waals surface area contributed by atoms with E-state index in [1.165, 1.54) is 0 Å². The van der Waals surface area contributed by atoms with Crippen LogP contribution in [0.2, 0.25) is 0 Å². The fourth-order valence-electron chi connectivity index (χ4n) is 1.25. The highest BCUT2D eigenvalue weighted by Gasteiger charge is 2.07. The van der Waals surface area contributed by atoms with Crippen LogP contribution in [-0.4, -0.2) is 25.2 Å². The van der Waals surface area contributed by atoms with Crippen LogP contribution in [0.25, 0.3) is 11.5 Å². The second-order valence-electron chi connectivity index (χ2n) is 2.94. The number of aryl methyl sites for hydroxylation is 1. The SMILES string of the molecule is CCCn1nnnc1-c1ccccn1. The topological polar surface area (TPSA) is 56.5 Å². The van der Waals surface area contributed by atoms with Crippen LogP contribution < -0.4 is 0 Å². The van der Waals surface area contributed by atoms with Gasteiger partial charge in [-0.2, -0.15) is 0 Å². The Labute approximate surface area is 81.8 Å². The lowest BCUT2D eigenvalue weighted by atomic mass is 10.3. The molecule has 2 rings (SSSR count). The highest BCUT2D eigenvalue weighted by Crippen LogP contribution is 2.11. The maximum atomic E-state index is 4.20. The van der Waals surface area contributed by atoms with Crippen LogP contribution in [-0.2, 0) is 6.54 Å². The number of rotatable bonds is 3. The van der Waals surface area contributed by atoms with Crippen molar-refractivity contribution >= 4 is 0 Å². The highest BCUT2D eigenvalue weighted by atomic mass is 15.5. The minimum Gasteiger partial charge on any atom is -0.253 e. The Morgan fingerprint density at radius 1 is 1.36 bits per heavy atom. The molecule has 0 fully saturated rings. The molecule has 0 saturated carbocycles. The second kappa shape index (κ2) is 3.95. The normalized spacial score (nSPS) is 10.4. The van der Waals surface area contributed by atoms with Crippen LogP contribution in [0.15, 0.2) is 24.4 Å². The molecule has 72 valence electrons. The highest BCUT2D eigenvalue weighted by molar-refractivity contribution is 5.47. The van der Waals surface area contributed by atoms with Gasteiger partial charge in [0, 0.05) is 12.7 Å². The molecule has 5 nitrogen and oxygen atoms in total. The van der Waals surface area contributed by atoms with E-state index in [9.17, 15) is 0 Å². The molecule has 0 N–H and O–H groups in total. The van der Waals surface area contributed by atoms with Gasteiger partial charge in [-0.3, -0.25) is 4.98 Å². The maximum Gasteiger partial charge on any atom is 0.200 e. The zero-order chi connectivity index (χ0) is 9.80.